The summed E-state index contributed by atoms with van der Waals surface area (Å²) in [5.74, 6) is -99.6. The lowest BCUT2D eigenvalue weighted by molar-refractivity contribution is -0.482. The van der Waals surface area contributed by atoms with E-state index < -0.39 is 90.3 Å². The lowest BCUT2D eigenvalue weighted by atomic mass is 9.84. The molecule has 0 fully saturated rings. The van der Waals surface area contributed by atoms with Crippen LogP contribution in [0.25, 0.3) is 0 Å². The SMILES string of the molecule is CCCC(F)C(F)(F)C(F)(F)C(F)(F)C(F)(F)C(F)(F)C(F)(F)C(F)(F)C(F)(F)C(F)(F)C(F)(F)C(F)(F)C(F)(F)F. The van der Waals surface area contributed by atoms with Crippen LogP contribution in [0.4, 0.5) is 114 Å². The first-order valence-corrected chi connectivity index (χ1v) is 9.60. The molecule has 0 bridgehead atoms. The number of rotatable bonds is 13. The van der Waals surface area contributed by atoms with Gasteiger partial charge < -0.3 is 0 Å². The van der Waals surface area contributed by atoms with Crippen LogP contribution in [0.5, 0.6) is 0 Å². The van der Waals surface area contributed by atoms with E-state index in [1.54, 1.807) is 0 Å². The van der Waals surface area contributed by atoms with Crippen molar-refractivity contribution in [1.29, 1.82) is 0 Å². The first-order valence-electron chi connectivity index (χ1n) is 9.60. The van der Waals surface area contributed by atoms with Crippen LogP contribution in [-0.2, 0) is 0 Å². The fraction of sp³-hybridized carbons (Fsp3) is 1.00. The lowest BCUT2D eigenvalue weighted by Crippen LogP contribution is -2.78. The van der Waals surface area contributed by atoms with Gasteiger partial charge in [-0.05, 0) is 6.42 Å². The molecular weight excluding hydrogens is 686 g/mol. The molecule has 0 aromatic rings. The highest BCUT2D eigenvalue weighted by molar-refractivity contribution is 5.20. The first kappa shape index (κ1) is 40.2. The first-order chi connectivity index (χ1) is 17.7. The molecule has 26 heteroatoms. The molecule has 1 atom stereocenters. The molecule has 0 amide bonds. The maximum atomic E-state index is 13.7. The average molecular weight is 694 g/mol. The minimum atomic E-state index is -9.64. The minimum Gasteiger partial charge on any atom is -0.241 e. The summed E-state index contributed by atoms with van der Waals surface area (Å²) in [6, 6.07) is 0. The Hall–Kier alpha value is -1.82. The van der Waals surface area contributed by atoms with E-state index in [0.717, 1.165) is 0 Å². The zero-order chi connectivity index (χ0) is 35.0. The Morgan fingerprint density at radius 2 is 0.524 bits per heavy atom. The summed E-state index contributed by atoms with van der Waals surface area (Å²) in [6.45, 7) is 0.592. The summed E-state index contributed by atoms with van der Waals surface area (Å²) in [7, 11) is 0. The van der Waals surface area contributed by atoms with E-state index in [0.29, 0.717) is 6.92 Å². The zero-order valence-corrected chi connectivity index (χ0v) is 18.8. The van der Waals surface area contributed by atoms with Gasteiger partial charge in [0.1, 0.15) is 0 Å². The van der Waals surface area contributed by atoms with Gasteiger partial charge in [0.2, 0.25) is 0 Å². The van der Waals surface area contributed by atoms with Crippen molar-refractivity contribution in [2.45, 2.75) is 97.3 Å². The highest BCUT2D eigenvalue weighted by Gasteiger charge is 2.99. The van der Waals surface area contributed by atoms with Gasteiger partial charge in [-0.3, -0.25) is 0 Å². The third-order valence-electron chi connectivity index (χ3n) is 5.26. The second-order valence-corrected chi connectivity index (χ2v) is 8.12. The van der Waals surface area contributed by atoms with E-state index in [1.807, 2.05) is 0 Å². The quantitative estimate of drug-likeness (QED) is 0.169. The molecule has 0 aliphatic heterocycles. The molecule has 0 nitrogen and oxygen atoms in total. The van der Waals surface area contributed by atoms with E-state index in [2.05, 4.69) is 0 Å². The van der Waals surface area contributed by atoms with Crippen LogP contribution in [-0.4, -0.2) is 77.5 Å². The predicted octanol–water partition coefficient (Wildman–Crippen LogP) is 9.68. The van der Waals surface area contributed by atoms with Crippen LogP contribution in [0, 0.1) is 0 Å². The second-order valence-electron chi connectivity index (χ2n) is 8.12. The maximum Gasteiger partial charge on any atom is 0.460 e. The summed E-state index contributed by atoms with van der Waals surface area (Å²) in [5.41, 5.74) is 0. The summed E-state index contributed by atoms with van der Waals surface area (Å²) in [6.07, 6.45) is -16.1. The van der Waals surface area contributed by atoms with Crippen molar-refractivity contribution in [2.75, 3.05) is 0 Å². The smallest absolute Gasteiger partial charge is 0.241 e. The molecular formula is C16H8F26. The summed E-state index contributed by atoms with van der Waals surface area (Å²) in [5, 5.41) is 0. The monoisotopic (exact) mass is 694 g/mol. The molecule has 0 aliphatic rings. The summed E-state index contributed by atoms with van der Waals surface area (Å²) in [4.78, 5) is 0. The molecule has 0 spiro atoms. The highest BCUT2D eigenvalue weighted by Crippen LogP contribution is 2.68. The largest absolute Gasteiger partial charge is 0.460 e. The van der Waals surface area contributed by atoms with Crippen LogP contribution in [0.1, 0.15) is 19.8 Å². The highest BCUT2D eigenvalue weighted by atomic mass is 19.4. The fourth-order valence-corrected chi connectivity index (χ4v) is 2.60. The molecule has 0 N–H and O–H groups in total. The zero-order valence-electron chi connectivity index (χ0n) is 18.8. The Balaban J connectivity index is 7.34. The van der Waals surface area contributed by atoms with Gasteiger partial charge in [-0.25, -0.2) is 4.39 Å². The summed E-state index contributed by atoms with van der Waals surface area (Å²) >= 11 is 0. The number of halogens is 26. The van der Waals surface area contributed by atoms with Crippen molar-refractivity contribution >= 4 is 0 Å². The van der Waals surface area contributed by atoms with Crippen molar-refractivity contribution in [3.05, 3.63) is 0 Å². The van der Waals surface area contributed by atoms with Crippen LogP contribution >= 0.6 is 0 Å². The molecule has 0 aromatic heterocycles. The molecule has 0 heterocycles. The third kappa shape index (κ3) is 4.68. The maximum absolute atomic E-state index is 13.7. The molecule has 0 saturated heterocycles. The predicted molar refractivity (Wildman–Crippen MR) is 80.3 cm³/mol. The van der Waals surface area contributed by atoms with E-state index in [4.69, 9.17) is 0 Å². The Morgan fingerprint density at radius 3 is 0.714 bits per heavy atom. The molecule has 1 unspecified atom stereocenters. The van der Waals surface area contributed by atoms with Gasteiger partial charge in [0.15, 0.2) is 6.17 Å². The van der Waals surface area contributed by atoms with Crippen molar-refractivity contribution in [1.82, 2.24) is 0 Å². The van der Waals surface area contributed by atoms with Crippen LogP contribution in [0.2, 0.25) is 0 Å². The molecule has 254 valence electrons. The van der Waals surface area contributed by atoms with Crippen LogP contribution in [0.15, 0.2) is 0 Å². The van der Waals surface area contributed by atoms with Gasteiger partial charge in [0, 0.05) is 0 Å². The fourth-order valence-electron chi connectivity index (χ4n) is 2.60. The standard InChI is InChI=1S/C16H8F26/c1-2-3-4(17)5(18,19)6(20,21)7(22,23)8(24,25)9(26,27)10(28,29)11(30,31)12(32,33)13(34,35)14(36,37)15(38,39)16(40,41)42/h4H,2-3H2,1H3. The van der Waals surface area contributed by atoms with Gasteiger partial charge in [-0.15, -0.1) is 0 Å². The Kier molecular flexibility index (Phi) is 9.67. The molecule has 0 aromatic carbocycles. The van der Waals surface area contributed by atoms with Gasteiger partial charge in [-0.2, -0.15) is 110 Å². The topological polar surface area (TPSA) is 0 Å². The number of alkyl halides is 26. The van der Waals surface area contributed by atoms with Gasteiger partial charge in [0.25, 0.3) is 0 Å². The van der Waals surface area contributed by atoms with Crippen LogP contribution in [0.3, 0.4) is 0 Å². The van der Waals surface area contributed by atoms with Crippen LogP contribution < -0.4 is 0 Å². The minimum absolute atomic E-state index is 0.592. The second kappa shape index (κ2) is 10.1. The normalized spacial score (nSPS) is 17.5. The van der Waals surface area contributed by atoms with Crippen molar-refractivity contribution < 1.29 is 114 Å². The van der Waals surface area contributed by atoms with Crippen molar-refractivity contribution in [3.63, 3.8) is 0 Å². The van der Waals surface area contributed by atoms with Crippen molar-refractivity contribution in [3.8, 4) is 0 Å². The van der Waals surface area contributed by atoms with E-state index in [-0.39, 0.29) is 0 Å². The Labute approximate surface area is 213 Å². The Morgan fingerprint density at radius 1 is 0.333 bits per heavy atom. The van der Waals surface area contributed by atoms with Gasteiger partial charge >= 0.3 is 71.3 Å². The molecule has 0 radical (unpaired) electrons. The number of hydrogen-bond donors (Lipinski definition) is 0. The van der Waals surface area contributed by atoms with Crippen molar-refractivity contribution in [2.24, 2.45) is 0 Å². The molecule has 0 aliphatic carbocycles. The van der Waals surface area contributed by atoms with E-state index >= 15 is 0 Å². The summed E-state index contributed by atoms with van der Waals surface area (Å²) < 4.78 is 344. The Bertz CT molecular complexity index is 952. The van der Waals surface area contributed by atoms with Gasteiger partial charge in [-0.1, -0.05) is 13.3 Å². The number of hydrogen-bond acceptors (Lipinski definition) is 0. The molecule has 0 rings (SSSR count). The molecule has 0 saturated carbocycles. The lowest BCUT2D eigenvalue weighted by Gasteiger charge is -2.45. The van der Waals surface area contributed by atoms with E-state index in [1.165, 1.54) is 0 Å². The average Bonchev–Trinajstić information content (AvgIpc) is 2.76. The van der Waals surface area contributed by atoms with E-state index in [9.17, 15) is 114 Å². The third-order valence-corrected chi connectivity index (χ3v) is 5.26. The van der Waals surface area contributed by atoms with Gasteiger partial charge in [0.05, 0.1) is 0 Å². The molecule has 42 heavy (non-hydrogen) atoms.